The highest BCUT2D eigenvalue weighted by atomic mass is 16.3. The minimum absolute atomic E-state index is 0.610. The molecule has 15 heteroatoms. The lowest BCUT2D eigenvalue weighted by Crippen LogP contribution is -2.01. The lowest BCUT2D eigenvalue weighted by molar-refractivity contribution is 0.669. The summed E-state index contributed by atoms with van der Waals surface area (Å²) in [6, 6.07) is 143. The van der Waals surface area contributed by atoms with Crippen LogP contribution in [0.4, 0.5) is 0 Å². The van der Waals surface area contributed by atoms with Crippen molar-refractivity contribution in [3.63, 3.8) is 0 Å². The molecule has 27 rings (SSSR count). The van der Waals surface area contributed by atoms with Crippen LogP contribution in [-0.2, 0) is 0 Å². The van der Waals surface area contributed by atoms with E-state index in [1.807, 2.05) is 200 Å². The van der Waals surface area contributed by atoms with E-state index in [1.165, 1.54) is 0 Å². The number of furan rings is 3. The van der Waals surface area contributed by atoms with Crippen LogP contribution in [0.15, 0.2) is 432 Å². The van der Waals surface area contributed by atoms with Gasteiger partial charge in [0.15, 0.2) is 52.4 Å². The second-order valence-corrected chi connectivity index (χ2v) is 33.9. The summed E-state index contributed by atoms with van der Waals surface area (Å²) in [4.78, 5) is 44.4. The fraction of sp³-hybridized carbons (Fsp3) is 0.0250. The van der Waals surface area contributed by atoms with Crippen molar-refractivity contribution >= 4 is 131 Å². The summed E-state index contributed by atoms with van der Waals surface area (Å²) in [6.45, 7) is 6.34. The monoisotopic (exact) mass is 1730 g/mol. The van der Waals surface area contributed by atoms with E-state index < -0.39 is 0 Å². The lowest BCUT2D eigenvalue weighted by atomic mass is 10.0. The largest absolute Gasteiger partial charge is 0.455 e. The van der Waals surface area contributed by atoms with E-state index in [2.05, 4.69) is 253 Å². The first kappa shape index (κ1) is 79.0. The molecule has 0 bridgehead atoms. The van der Waals surface area contributed by atoms with Crippen LogP contribution in [0.5, 0.6) is 0 Å². The van der Waals surface area contributed by atoms with E-state index in [0.717, 1.165) is 215 Å². The average Bonchev–Trinajstić information content (AvgIpc) is 1.57. The molecule has 15 nitrogen and oxygen atoms in total. The van der Waals surface area contributed by atoms with Gasteiger partial charge in [-0.15, -0.1) is 0 Å². The number of aryl methyl sites for hydroxylation is 3. The minimum atomic E-state index is 0.610. The van der Waals surface area contributed by atoms with Crippen molar-refractivity contribution < 1.29 is 13.3 Å². The summed E-state index contributed by atoms with van der Waals surface area (Å²) >= 11 is 0. The number of nitrogens with zero attached hydrogens (tertiary/aromatic N) is 12. The molecule has 135 heavy (non-hydrogen) atoms. The Morgan fingerprint density at radius 3 is 0.852 bits per heavy atom. The molecule has 0 aliphatic heterocycles. The Morgan fingerprint density at radius 1 is 0.178 bits per heavy atom. The van der Waals surface area contributed by atoms with E-state index in [1.54, 1.807) is 0 Å². The van der Waals surface area contributed by atoms with Crippen LogP contribution >= 0.6 is 0 Å². The maximum atomic E-state index is 6.86. The molecule has 0 aliphatic carbocycles. The van der Waals surface area contributed by atoms with Gasteiger partial charge >= 0.3 is 0 Å². The Morgan fingerprint density at radius 2 is 0.467 bits per heavy atom. The smallest absolute Gasteiger partial charge is 0.164 e. The van der Waals surface area contributed by atoms with Crippen molar-refractivity contribution in [1.82, 2.24) is 58.6 Å². The second-order valence-electron chi connectivity index (χ2n) is 33.9. The number of hydrogen-bond acceptors (Lipinski definition) is 12. The number of para-hydroxylation sites is 6. The van der Waals surface area contributed by atoms with Crippen molar-refractivity contribution in [2.45, 2.75) is 20.8 Å². The summed E-state index contributed by atoms with van der Waals surface area (Å²) in [7, 11) is 0. The Balaban J connectivity index is 0.000000108. The van der Waals surface area contributed by atoms with Gasteiger partial charge in [-0.25, -0.2) is 44.9 Å². The summed E-state index contributed by atoms with van der Waals surface area (Å²) < 4.78 is 27.4. The van der Waals surface area contributed by atoms with Gasteiger partial charge < -0.3 is 27.0 Å². The zero-order valence-corrected chi connectivity index (χ0v) is 73.4. The van der Waals surface area contributed by atoms with Crippen molar-refractivity contribution in [2.24, 2.45) is 0 Å². The fourth-order valence-electron chi connectivity index (χ4n) is 19.5. The molecule has 0 saturated heterocycles. The second kappa shape index (κ2) is 32.8. The minimum Gasteiger partial charge on any atom is -0.455 e. The first-order valence-electron chi connectivity index (χ1n) is 45.1. The number of fused-ring (bicyclic) bond motifs is 21. The normalized spacial score (nSPS) is 11.7. The summed E-state index contributed by atoms with van der Waals surface area (Å²) in [6.07, 6.45) is 0. The molecular weight excluding hydrogens is 1660 g/mol. The molecule has 0 amide bonds. The highest BCUT2D eigenvalue weighted by Gasteiger charge is 2.27. The Bertz CT molecular complexity index is 8880. The Hall–Kier alpha value is -18.2. The van der Waals surface area contributed by atoms with Crippen LogP contribution in [0.3, 0.4) is 0 Å². The topological polar surface area (TPSA) is 170 Å². The third-order valence-electron chi connectivity index (χ3n) is 25.8. The van der Waals surface area contributed by atoms with Gasteiger partial charge in [-0.1, -0.05) is 297 Å². The third kappa shape index (κ3) is 13.7. The van der Waals surface area contributed by atoms with Crippen LogP contribution in [0.1, 0.15) is 16.7 Å². The van der Waals surface area contributed by atoms with Crippen LogP contribution in [0.2, 0.25) is 0 Å². The van der Waals surface area contributed by atoms with Crippen molar-refractivity contribution in [3.05, 3.63) is 435 Å². The maximum Gasteiger partial charge on any atom is 0.164 e. The van der Waals surface area contributed by atoms with Crippen molar-refractivity contribution in [2.75, 3.05) is 0 Å². The zero-order chi connectivity index (χ0) is 89.7. The standard InChI is InChI=1S/3C40H26N4O/c1-25-23-28(40-42-38(26-13-5-2-6-14-26)41-39(43-40)27-15-7-3-8-16-27)24-34-35(25)31-21-22-33-36(37(31)45-34)30-19-11-12-20-32(30)44(33)29-17-9-4-10-18-29;1-25-23-32-29-21-22-34-36(30-19-11-12-20-33(30)44(34)28-17-9-4-10-18-28)37(29)45-35(32)24-31(25)40-42-38(26-13-5-2-6-14-26)41-39(43-40)27-15-7-3-8-16-27;1-25-29(40-42-38(26-13-5-2-6-14-26)41-39(43-40)27-15-7-3-8-16-27)21-22-30-31-23-24-34-35(37(31)45-36(25)30)32-19-11-12-20-33(32)44(34)28-17-9-4-10-18-28/h3*2-24H,1H3. The number of aromatic nitrogens is 12. The summed E-state index contributed by atoms with van der Waals surface area (Å²) in [5.41, 5.74) is 26.8. The number of benzene rings is 18. The summed E-state index contributed by atoms with van der Waals surface area (Å²) in [5, 5.41) is 13.4. The van der Waals surface area contributed by atoms with Crippen LogP contribution in [-0.4, -0.2) is 58.6 Å². The molecule has 0 aliphatic rings. The fourth-order valence-corrected chi connectivity index (χ4v) is 19.5. The highest BCUT2D eigenvalue weighted by Crippen LogP contribution is 2.48. The van der Waals surface area contributed by atoms with Gasteiger partial charge in [-0.05, 0) is 153 Å². The SMILES string of the molecule is Cc1c(-c2nc(-c3ccccc3)nc(-c3ccccc3)n2)ccc2c1oc1c2ccc2c1c1ccccc1n2-c1ccccc1.Cc1cc(-c2nc(-c3ccccc3)nc(-c3ccccc3)n2)cc2oc3c(ccc4c3c3ccccc3n4-c3ccccc3)c12.Cc1cc2c(cc1-c1nc(-c3ccccc3)nc(-c3ccccc3)n1)oc1c2ccc2c1c1ccccc1n2-c1ccccc1. The van der Waals surface area contributed by atoms with Gasteiger partial charge in [0.1, 0.15) is 33.5 Å². The molecule has 9 aromatic heterocycles. The number of rotatable bonds is 12. The quantitative estimate of drug-likeness (QED) is 0.114. The van der Waals surface area contributed by atoms with Gasteiger partial charge in [0.25, 0.3) is 0 Å². The van der Waals surface area contributed by atoms with Gasteiger partial charge in [-0.2, -0.15) is 0 Å². The number of hydrogen-bond donors (Lipinski definition) is 0. The molecule has 636 valence electrons. The van der Waals surface area contributed by atoms with E-state index in [9.17, 15) is 0 Å². The van der Waals surface area contributed by atoms with Crippen molar-refractivity contribution in [1.29, 1.82) is 0 Å². The van der Waals surface area contributed by atoms with Gasteiger partial charge in [0.2, 0.25) is 0 Å². The molecule has 0 spiro atoms. The third-order valence-corrected chi connectivity index (χ3v) is 25.8. The molecule has 18 aromatic carbocycles. The first-order valence-corrected chi connectivity index (χ1v) is 45.1. The first-order chi connectivity index (χ1) is 66.7. The van der Waals surface area contributed by atoms with Gasteiger partial charge in [0, 0.05) is 121 Å². The van der Waals surface area contributed by atoms with E-state index >= 15 is 0 Å². The molecule has 0 atom stereocenters. The molecule has 0 radical (unpaired) electrons. The maximum absolute atomic E-state index is 6.86. The van der Waals surface area contributed by atoms with E-state index in [-0.39, 0.29) is 0 Å². The van der Waals surface area contributed by atoms with Crippen LogP contribution in [0, 0.1) is 20.8 Å². The molecule has 27 aromatic rings. The molecule has 9 heterocycles. The molecule has 0 unspecified atom stereocenters. The van der Waals surface area contributed by atoms with E-state index in [4.69, 9.17) is 58.1 Å². The predicted molar refractivity (Wildman–Crippen MR) is 547 cm³/mol. The zero-order valence-electron chi connectivity index (χ0n) is 73.4. The molecule has 0 N–H and O–H groups in total. The summed E-state index contributed by atoms with van der Waals surface area (Å²) in [5.74, 6) is 5.67. The average molecular weight is 1740 g/mol. The van der Waals surface area contributed by atoms with Crippen LogP contribution < -0.4 is 0 Å². The predicted octanol–water partition coefficient (Wildman–Crippen LogP) is 30.5. The highest BCUT2D eigenvalue weighted by molar-refractivity contribution is 6.27. The van der Waals surface area contributed by atoms with E-state index in [0.29, 0.717) is 52.4 Å². The lowest BCUT2D eigenvalue weighted by Gasteiger charge is -2.10. The van der Waals surface area contributed by atoms with Crippen molar-refractivity contribution in [3.8, 4) is 120 Å². The van der Waals surface area contributed by atoms with Gasteiger partial charge in [-0.3, -0.25) is 0 Å². The molecule has 0 saturated carbocycles. The van der Waals surface area contributed by atoms with Crippen LogP contribution in [0.25, 0.3) is 251 Å². The van der Waals surface area contributed by atoms with Gasteiger partial charge in [0.05, 0.1) is 49.3 Å². The Labute approximate surface area is 773 Å². The Kier molecular flexibility index (Phi) is 19.2. The molecule has 0 fully saturated rings. The molecular formula is C120H78N12O3.